The summed E-state index contributed by atoms with van der Waals surface area (Å²) in [6, 6.07) is 0. The van der Waals surface area contributed by atoms with E-state index in [0.717, 1.165) is 6.08 Å². The number of rotatable bonds is 5. The fourth-order valence-corrected chi connectivity index (χ4v) is 1.44. The van der Waals surface area contributed by atoms with Gasteiger partial charge in [-0.15, -0.1) is 11.6 Å². The van der Waals surface area contributed by atoms with Gasteiger partial charge in [0.15, 0.2) is 0 Å². The van der Waals surface area contributed by atoms with E-state index in [0.29, 0.717) is 18.7 Å². The maximum Gasteiger partial charge on any atom is 0.263 e. The van der Waals surface area contributed by atoms with Crippen LogP contribution < -0.4 is 0 Å². The molecule has 0 atom stereocenters. The lowest BCUT2D eigenvalue weighted by atomic mass is 10.4. The molecule has 0 spiro atoms. The molecule has 0 radical (unpaired) electrons. The summed E-state index contributed by atoms with van der Waals surface area (Å²) in [6.07, 6.45) is 2.02. The summed E-state index contributed by atoms with van der Waals surface area (Å²) in [5.74, 6) is 0.287. The van der Waals surface area contributed by atoms with Gasteiger partial charge >= 0.3 is 0 Å². The Morgan fingerprint density at radius 3 is 2.45 bits per heavy atom. The highest BCUT2D eigenvalue weighted by Gasteiger charge is 2.06. The molecule has 0 aromatic heterocycles. The van der Waals surface area contributed by atoms with Crippen LogP contribution in [0.5, 0.6) is 0 Å². The molecule has 64 valence electrons. The van der Waals surface area contributed by atoms with E-state index < -0.39 is 10.0 Å². The third-order valence-corrected chi connectivity index (χ3v) is 2.39. The third kappa shape index (κ3) is 6.04. The van der Waals surface area contributed by atoms with Gasteiger partial charge < -0.3 is 0 Å². The highest BCUT2D eigenvalue weighted by Crippen LogP contribution is 1.98. The minimum atomic E-state index is -3.56. The van der Waals surface area contributed by atoms with E-state index in [1.807, 2.05) is 0 Å². The van der Waals surface area contributed by atoms with Crippen LogP contribution in [0.3, 0.4) is 0 Å². The van der Waals surface area contributed by atoms with Crippen LogP contribution in [0.4, 0.5) is 0 Å². The Bertz CT molecular complexity index is 242. The van der Waals surface area contributed by atoms with E-state index in [9.17, 15) is 13.2 Å². The van der Waals surface area contributed by atoms with Crippen molar-refractivity contribution < 1.29 is 13.2 Å². The highest BCUT2D eigenvalue weighted by molar-refractivity contribution is 7.90. The third-order valence-electron chi connectivity index (χ3n) is 0.962. The van der Waals surface area contributed by atoms with Crippen molar-refractivity contribution in [3.8, 4) is 0 Å². The van der Waals surface area contributed by atoms with Crippen molar-refractivity contribution >= 4 is 27.7 Å². The lowest BCUT2D eigenvalue weighted by Crippen LogP contribution is -2.01. The Kier molecular flexibility index (Phi) is 5.11. The minimum absolute atomic E-state index is 0.130. The van der Waals surface area contributed by atoms with E-state index in [2.05, 4.69) is 4.40 Å². The number of unbranched alkanes of at least 4 members (excludes halogenated alkanes) is 1. The van der Waals surface area contributed by atoms with Crippen molar-refractivity contribution in [2.75, 3.05) is 11.6 Å². The fraction of sp³-hybridized carbons (Fsp3) is 0.800. The van der Waals surface area contributed by atoms with Crippen molar-refractivity contribution in [1.82, 2.24) is 0 Å². The average molecular weight is 198 g/mol. The molecule has 0 bridgehead atoms. The maximum atomic E-state index is 10.6. The molecule has 11 heavy (non-hydrogen) atoms. The van der Waals surface area contributed by atoms with Gasteiger partial charge in [0.1, 0.15) is 0 Å². The van der Waals surface area contributed by atoms with E-state index in [4.69, 9.17) is 11.6 Å². The number of halogens is 1. The lowest BCUT2D eigenvalue weighted by molar-refractivity contribution is 0.563. The van der Waals surface area contributed by atoms with Gasteiger partial charge in [-0.25, -0.2) is 13.2 Å². The van der Waals surface area contributed by atoms with Crippen LogP contribution in [0.1, 0.15) is 12.8 Å². The quantitative estimate of drug-likeness (QED) is 0.282. The first kappa shape index (κ1) is 10.6. The Labute approximate surface area is 70.3 Å². The van der Waals surface area contributed by atoms with Crippen LogP contribution in [0.2, 0.25) is 0 Å². The van der Waals surface area contributed by atoms with Crippen LogP contribution in [-0.2, 0) is 14.8 Å². The van der Waals surface area contributed by atoms with Crippen molar-refractivity contribution in [2.45, 2.75) is 12.8 Å². The van der Waals surface area contributed by atoms with E-state index >= 15 is 0 Å². The van der Waals surface area contributed by atoms with Crippen LogP contribution in [-0.4, -0.2) is 26.1 Å². The molecular formula is C5H8ClNO3S. The van der Waals surface area contributed by atoms with Crippen LogP contribution in [0.25, 0.3) is 0 Å². The van der Waals surface area contributed by atoms with E-state index in [-0.39, 0.29) is 5.75 Å². The van der Waals surface area contributed by atoms with Gasteiger partial charge in [0, 0.05) is 5.88 Å². The van der Waals surface area contributed by atoms with Gasteiger partial charge in [0.05, 0.1) is 5.75 Å². The molecule has 0 rings (SSSR count). The molecule has 0 amide bonds. The molecule has 0 unspecified atom stereocenters. The molecule has 0 saturated carbocycles. The molecule has 4 nitrogen and oxygen atoms in total. The van der Waals surface area contributed by atoms with Crippen molar-refractivity contribution in [3.05, 3.63) is 0 Å². The molecule has 0 fully saturated rings. The zero-order valence-electron chi connectivity index (χ0n) is 5.79. The second-order valence-electron chi connectivity index (χ2n) is 1.86. The van der Waals surface area contributed by atoms with Crippen LogP contribution in [0, 0.1) is 0 Å². The molecular weight excluding hydrogens is 190 g/mol. The summed E-state index contributed by atoms with van der Waals surface area (Å²) in [4.78, 5) is 9.56. The second-order valence-corrected chi connectivity index (χ2v) is 4.00. The van der Waals surface area contributed by atoms with Gasteiger partial charge in [-0.1, -0.05) is 4.40 Å². The largest absolute Gasteiger partial charge is 0.263 e. The maximum absolute atomic E-state index is 10.6. The standard InChI is InChI=1S/C5H8ClNO3S/c6-3-1-2-4-11(9,10)7-5-8/h1-4H2. The van der Waals surface area contributed by atoms with E-state index in [1.54, 1.807) is 0 Å². The number of hydrogen-bond acceptors (Lipinski definition) is 3. The number of sulfonamides is 1. The monoisotopic (exact) mass is 197 g/mol. The molecule has 0 aliphatic rings. The average Bonchev–Trinajstić information content (AvgIpc) is 1.87. The first-order valence-electron chi connectivity index (χ1n) is 3.00. The van der Waals surface area contributed by atoms with E-state index in [1.165, 1.54) is 0 Å². The van der Waals surface area contributed by atoms with Gasteiger partial charge in [-0.3, -0.25) is 0 Å². The lowest BCUT2D eigenvalue weighted by Gasteiger charge is -1.92. The number of isocyanates is 1. The SMILES string of the molecule is O=C=NS(=O)(=O)CCCCCl. The van der Waals surface area contributed by atoms with Crippen LogP contribution in [0.15, 0.2) is 4.40 Å². The predicted octanol–water partition coefficient (Wildman–Crippen LogP) is 0.671. The molecule has 0 aliphatic heterocycles. The Morgan fingerprint density at radius 2 is 2.00 bits per heavy atom. The van der Waals surface area contributed by atoms with Crippen LogP contribution >= 0.6 is 11.6 Å². The molecule has 0 saturated heterocycles. The van der Waals surface area contributed by atoms with Crippen molar-refractivity contribution in [1.29, 1.82) is 0 Å². The molecule has 0 aromatic carbocycles. The van der Waals surface area contributed by atoms with Crippen molar-refractivity contribution in [3.63, 3.8) is 0 Å². The van der Waals surface area contributed by atoms with Gasteiger partial charge in [0.2, 0.25) is 0 Å². The Morgan fingerprint density at radius 1 is 1.36 bits per heavy atom. The molecule has 6 heteroatoms. The Balaban J connectivity index is 3.84. The first-order chi connectivity index (χ1) is 5.12. The van der Waals surface area contributed by atoms with Gasteiger partial charge in [-0.05, 0) is 12.8 Å². The summed E-state index contributed by atoms with van der Waals surface area (Å²) < 4.78 is 23.9. The molecule has 0 aromatic rings. The fourth-order valence-electron chi connectivity index (χ4n) is 0.481. The predicted molar refractivity (Wildman–Crippen MR) is 41.9 cm³/mol. The van der Waals surface area contributed by atoms with Gasteiger partial charge in [-0.2, -0.15) is 0 Å². The summed E-state index contributed by atoms with van der Waals surface area (Å²) in [5, 5.41) is 0. The van der Waals surface area contributed by atoms with Gasteiger partial charge in [0.25, 0.3) is 16.1 Å². The minimum Gasteiger partial charge on any atom is -0.210 e. The summed E-state index contributed by atoms with van der Waals surface area (Å²) in [5.41, 5.74) is 0. The second kappa shape index (κ2) is 5.29. The summed E-state index contributed by atoms with van der Waals surface area (Å²) in [6.45, 7) is 0. The highest BCUT2D eigenvalue weighted by atomic mass is 35.5. The zero-order chi connectivity index (χ0) is 8.74. The zero-order valence-corrected chi connectivity index (χ0v) is 7.36. The Hall–Kier alpha value is -0.380. The number of carbonyl (C=O) groups excluding carboxylic acids is 1. The number of hydrogen-bond donors (Lipinski definition) is 0. The summed E-state index contributed by atoms with van der Waals surface area (Å²) in [7, 11) is -3.56. The molecule has 0 N–H and O–H groups in total. The van der Waals surface area contributed by atoms with Crippen molar-refractivity contribution in [2.24, 2.45) is 4.40 Å². The summed E-state index contributed by atoms with van der Waals surface area (Å²) >= 11 is 5.30. The normalized spacial score (nSPS) is 10.6. The molecule has 0 heterocycles. The first-order valence-corrected chi connectivity index (χ1v) is 5.14. The smallest absolute Gasteiger partial charge is 0.210 e. The number of alkyl halides is 1. The topological polar surface area (TPSA) is 63.6 Å². The molecule has 0 aliphatic carbocycles. The number of nitrogens with zero attached hydrogens (tertiary/aromatic N) is 1.